The molecular formula is C71H111N23O23S2. The number of rotatable bonds is 50. The number of nitrogens with one attached hydrogen (secondary N) is 18. The number of guanidine groups is 2. The van der Waals surface area contributed by atoms with E-state index in [2.05, 4.69) is 110 Å². The summed E-state index contributed by atoms with van der Waals surface area (Å²) in [7, 11) is 0. The topological polar surface area (TPSA) is 737 Å². The van der Waals surface area contributed by atoms with Crippen LogP contribution >= 0.6 is 25.3 Å². The molecule has 0 spiro atoms. The second kappa shape index (κ2) is 49.5. The normalized spacial score (nSPS) is 16.9. The number of fused-ring (bicyclic) bond motifs is 1. The average Bonchev–Trinajstić information content (AvgIpc) is 1.69. The van der Waals surface area contributed by atoms with Gasteiger partial charge in [0.1, 0.15) is 85.1 Å². The molecule has 0 radical (unpaired) electrons. The third-order valence-electron chi connectivity index (χ3n) is 18.8. The number of hydrogen-bond acceptors (Lipinski definition) is 25. The molecule has 2 aliphatic heterocycles. The molecule has 0 aliphatic carbocycles. The molecule has 46 nitrogen and oxygen atoms in total. The maximum absolute atomic E-state index is 15.0. The van der Waals surface area contributed by atoms with E-state index in [0.717, 1.165) is 11.8 Å². The van der Waals surface area contributed by atoms with E-state index >= 15 is 0 Å². The highest BCUT2D eigenvalue weighted by atomic mass is 32.1. The number of aliphatic carboxylic acids is 3. The van der Waals surface area contributed by atoms with Crippen molar-refractivity contribution in [1.29, 1.82) is 10.8 Å². The van der Waals surface area contributed by atoms with E-state index in [0.29, 0.717) is 22.9 Å². The zero-order valence-electron chi connectivity index (χ0n) is 66.3. The van der Waals surface area contributed by atoms with Crippen molar-refractivity contribution < 1.29 is 112 Å². The van der Waals surface area contributed by atoms with Gasteiger partial charge in [0, 0.05) is 67.6 Å². The van der Waals surface area contributed by atoms with Crippen LogP contribution in [0, 0.1) is 16.7 Å². The molecule has 1 aromatic carbocycles. The third kappa shape index (κ3) is 33.0. The highest BCUT2D eigenvalue weighted by Crippen LogP contribution is 2.25. The van der Waals surface area contributed by atoms with Crippen molar-refractivity contribution in [2.75, 3.05) is 57.4 Å². The predicted octanol–water partition coefficient (Wildman–Crippen LogP) is -9.15. The molecule has 2 saturated heterocycles. The van der Waals surface area contributed by atoms with Crippen LogP contribution in [-0.2, 0) is 92.7 Å². The monoisotopic (exact) mass is 1720 g/mol. The molecular weight excluding hydrogens is 1610 g/mol. The number of carbonyl (C=O) groups excluding carboxylic acids is 15. The molecule has 15 atom stereocenters. The van der Waals surface area contributed by atoms with Gasteiger partial charge >= 0.3 is 17.9 Å². The Morgan fingerprint density at radius 3 is 1.50 bits per heavy atom. The van der Waals surface area contributed by atoms with Gasteiger partial charge in [-0.05, 0) is 103 Å². The summed E-state index contributed by atoms with van der Waals surface area (Å²) in [6, 6.07) is -14.6. The number of nitrogens with two attached hydrogens (primary N) is 3. The molecule has 4 rings (SSSR count). The van der Waals surface area contributed by atoms with Gasteiger partial charge in [-0.25, -0.2) is 0 Å². The van der Waals surface area contributed by atoms with Crippen LogP contribution < -0.4 is 97.0 Å². The number of aromatic nitrogens is 1. The molecule has 119 heavy (non-hydrogen) atoms. The Balaban J connectivity index is 1.53. The van der Waals surface area contributed by atoms with Crippen molar-refractivity contribution in [3.8, 4) is 0 Å². The van der Waals surface area contributed by atoms with E-state index in [9.17, 15) is 107 Å². The number of carboxylic acids is 3. The van der Waals surface area contributed by atoms with Gasteiger partial charge in [-0.2, -0.15) is 25.3 Å². The highest BCUT2D eigenvalue weighted by Gasteiger charge is 2.43. The van der Waals surface area contributed by atoms with Crippen molar-refractivity contribution in [1.82, 2.24) is 94.5 Å². The van der Waals surface area contributed by atoms with Crippen molar-refractivity contribution in [3.05, 3.63) is 36.0 Å². The van der Waals surface area contributed by atoms with E-state index in [4.69, 9.17) is 33.1 Å². The summed E-state index contributed by atoms with van der Waals surface area (Å²) in [4.78, 5) is 249. The van der Waals surface area contributed by atoms with Crippen molar-refractivity contribution in [2.45, 2.75) is 209 Å². The summed E-state index contributed by atoms with van der Waals surface area (Å²) < 4.78 is 0. The number of carboxylic acid groups (broad SMARTS) is 3. The van der Waals surface area contributed by atoms with Crippen molar-refractivity contribution in [2.24, 2.45) is 23.1 Å². The fourth-order valence-corrected chi connectivity index (χ4v) is 13.1. The second-order valence-electron chi connectivity index (χ2n) is 28.8. The van der Waals surface area contributed by atoms with Gasteiger partial charge in [0.15, 0.2) is 11.9 Å². The number of aromatic amines is 1. The lowest BCUT2D eigenvalue weighted by Crippen LogP contribution is -2.62. The van der Waals surface area contributed by atoms with E-state index in [1.165, 1.54) is 18.7 Å². The molecule has 2 aliphatic rings. The van der Waals surface area contributed by atoms with Crippen LogP contribution in [0.25, 0.3) is 10.9 Å². The third-order valence-corrected chi connectivity index (χ3v) is 19.5. The smallest absolute Gasteiger partial charge is 0.322 e. The number of thiol groups is 2. The fraction of sp³-hybridized carbons (Fsp3) is 0.606. The Labute approximate surface area is 694 Å². The Kier molecular flexibility index (Phi) is 41.5. The fourth-order valence-electron chi connectivity index (χ4n) is 12.6. The predicted molar refractivity (Wildman–Crippen MR) is 429 cm³/mol. The minimum atomic E-state index is -2.10. The van der Waals surface area contributed by atoms with Crippen molar-refractivity contribution in [3.63, 3.8) is 0 Å². The number of H-pyrrole nitrogens is 1. The van der Waals surface area contributed by atoms with Gasteiger partial charge in [-0.15, -0.1) is 0 Å². The van der Waals surface area contributed by atoms with Gasteiger partial charge in [0.05, 0.1) is 31.7 Å². The summed E-state index contributed by atoms with van der Waals surface area (Å²) in [5, 5.41) is 101. The number of para-hydroxylation sites is 1. The minimum absolute atomic E-state index is 0.0108. The Morgan fingerprint density at radius 2 is 0.992 bits per heavy atom. The minimum Gasteiger partial charge on any atom is -0.481 e. The first kappa shape index (κ1) is 99.7. The van der Waals surface area contributed by atoms with Crippen LogP contribution in [0.3, 0.4) is 0 Å². The first-order valence-electron chi connectivity index (χ1n) is 38.2. The maximum Gasteiger partial charge on any atom is 0.322 e. The zero-order valence-corrected chi connectivity index (χ0v) is 68.1. The molecule has 3 heterocycles. The summed E-state index contributed by atoms with van der Waals surface area (Å²) in [6.07, 6.45) is -3.00. The molecule has 660 valence electrons. The first-order chi connectivity index (χ1) is 56.1. The lowest BCUT2D eigenvalue weighted by molar-refractivity contribution is -0.143. The lowest BCUT2D eigenvalue weighted by Gasteiger charge is -2.31. The zero-order chi connectivity index (χ0) is 89.1. The van der Waals surface area contributed by atoms with Crippen LogP contribution in [0.4, 0.5) is 0 Å². The van der Waals surface area contributed by atoms with E-state index in [1.807, 2.05) is 0 Å². The Hall–Kier alpha value is -11.7. The summed E-state index contributed by atoms with van der Waals surface area (Å²) in [6.45, 7) is 4.06. The lowest BCUT2D eigenvalue weighted by atomic mass is 10.0. The number of amides is 15. The summed E-state index contributed by atoms with van der Waals surface area (Å²) in [5.41, 5.74) is 17.7. The SMILES string of the molecule is CC(C)C[C@H](NC(=O)[C@@H](NC(=O)[C@H](CS)NC(=O)[C@H](CCCNC(=N)N)NC(=O)[C@H](CC(=O)O)NC(=O)[C@H](CCCNC(=N)N)NC(=O)[C@H](CO)NC(=O)CNC(=O)[C@@H]1CCCN1C(=O)[C@H](Cc1c[nH]c2ccccc12)NC(=O)[C@H](CCC(=O)O)NC(=O)[C@@H]1CCCN1C(=O)[C@H](CS)NC(=O)[C@H](C)N)[C@@H](C)O)C(=O)N[C@@H](C)C(=O)NCC(=O)O. The highest BCUT2D eigenvalue weighted by molar-refractivity contribution is 7.80. The van der Waals surface area contributed by atoms with E-state index in [1.54, 1.807) is 44.3 Å². The maximum atomic E-state index is 15.0. The van der Waals surface area contributed by atoms with Gasteiger partial charge in [0.2, 0.25) is 88.6 Å². The average molecular weight is 1720 g/mol. The van der Waals surface area contributed by atoms with E-state index in [-0.39, 0.29) is 89.2 Å². The second-order valence-corrected chi connectivity index (χ2v) is 29.5. The van der Waals surface area contributed by atoms with Crippen LogP contribution in [0.2, 0.25) is 0 Å². The molecule has 2 aromatic rings. The van der Waals surface area contributed by atoms with Gasteiger partial charge in [0.25, 0.3) is 0 Å². The van der Waals surface area contributed by atoms with Crippen LogP contribution in [-0.4, -0.2) is 307 Å². The number of hydrogen-bond donors (Lipinski definition) is 28. The quantitative estimate of drug-likeness (QED) is 0.0127. The van der Waals surface area contributed by atoms with Gasteiger partial charge in [-0.3, -0.25) is 97.1 Å². The standard InChI is InChI=1S/C71H111N23O23S2/c1-33(2)24-43(61(109)82-35(4)57(105)81-29-54(102)103)88-67(115)55(36(5)96)92-64(112)47(31-118)90-59(107)41(15-9-21-78-71(75)76)84-62(110)44(26-53(100)101)87-58(106)40(14-8-20-77-70(73)74)85-63(111)46(30-95)83-51(97)28-80-65(113)49-16-10-22-93(49)68(116)45(25-37-27-79-39-13-7-6-12-38(37)39)89-60(108)42(18-19-52(98)99)86-66(114)50-17-11-23-94(50)69(117)48(32-119)91-56(104)34(3)72/h6-7,12-13,27,33-36,40-50,55,79,95-96,118-119H,8-11,14-26,28-32,72H2,1-5H3,(H,80,113)(H,81,105)(H,82,109)(H,83,97)(H,84,110)(H,85,111)(H,86,114)(H,87,106)(H,88,115)(H,89,108)(H,90,107)(H,91,104)(H,92,112)(H,98,99)(H,100,101)(H,102,103)(H4,73,74,77)(H4,75,76,78)/t34-,35-,36+,40-,41-,42-,43-,44-,45-,46-,47-,48-,49-,50-,55-/m0/s1. The number of nitrogens with zero attached hydrogens (tertiary/aromatic N) is 2. The Bertz CT molecular complexity index is 3980. The van der Waals surface area contributed by atoms with Crippen molar-refractivity contribution >= 4 is 155 Å². The number of aliphatic hydroxyl groups is 2. The molecule has 15 amide bonds. The molecule has 0 unspecified atom stereocenters. The van der Waals surface area contributed by atoms with Crippen LogP contribution in [0.15, 0.2) is 30.5 Å². The number of carbonyl (C=O) groups is 18. The van der Waals surface area contributed by atoms with Crippen LogP contribution in [0.5, 0.6) is 0 Å². The summed E-state index contributed by atoms with van der Waals surface area (Å²) >= 11 is 8.38. The van der Waals surface area contributed by atoms with Crippen LogP contribution in [0.1, 0.15) is 117 Å². The molecule has 29 N–H and O–H groups in total. The van der Waals surface area contributed by atoms with E-state index < -0.39 is 260 Å². The largest absolute Gasteiger partial charge is 0.481 e. The molecule has 48 heteroatoms. The van der Waals surface area contributed by atoms with Gasteiger partial charge in [-0.1, -0.05) is 32.0 Å². The molecule has 2 fully saturated rings. The molecule has 0 saturated carbocycles. The first-order valence-corrected chi connectivity index (χ1v) is 39.5. The van der Waals surface area contributed by atoms with Gasteiger partial charge < -0.3 is 137 Å². The molecule has 0 bridgehead atoms. The summed E-state index contributed by atoms with van der Waals surface area (Å²) in [5.74, 6) is -21.5. The number of aliphatic hydroxyl groups excluding tert-OH is 2. The Morgan fingerprint density at radius 1 is 0.513 bits per heavy atom. The number of benzene rings is 1. The number of likely N-dealkylation sites (tertiary alicyclic amines) is 2. The molecule has 1 aromatic heterocycles.